The Labute approximate surface area is 103 Å². The van der Waals surface area contributed by atoms with E-state index in [9.17, 15) is 0 Å². The number of hydrogen-bond acceptors (Lipinski definition) is 4. The summed E-state index contributed by atoms with van der Waals surface area (Å²) in [7, 11) is 0. The molecule has 2 atom stereocenters. The molecule has 0 aliphatic heterocycles. The van der Waals surface area contributed by atoms with Crippen molar-refractivity contribution in [2.75, 3.05) is 13.2 Å². The van der Waals surface area contributed by atoms with E-state index in [2.05, 4.69) is 23.4 Å². The summed E-state index contributed by atoms with van der Waals surface area (Å²) in [5, 5.41) is 0. The quantitative estimate of drug-likeness (QED) is 0.444. The average molecular weight is 235 g/mol. The lowest BCUT2D eigenvalue weighted by Gasteiger charge is -2.22. The van der Waals surface area contributed by atoms with E-state index in [0.717, 1.165) is 25.9 Å². The molecule has 0 spiro atoms. The molecule has 2 rings (SSSR count). The fourth-order valence-corrected chi connectivity index (χ4v) is 2.47. The molecule has 1 aliphatic carbocycles. The molecule has 94 valence electrons. The number of pyridine rings is 1. The van der Waals surface area contributed by atoms with Crippen LogP contribution in [0, 0.1) is 0 Å². The Morgan fingerprint density at radius 2 is 2.53 bits per heavy atom. The molecule has 0 saturated heterocycles. The number of aromatic nitrogens is 1. The van der Waals surface area contributed by atoms with Gasteiger partial charge in [-0.2, -0.15) is 0 Å². The summed E-state index contributed by atoms with van der Waals surface area (Å²) in [5.41, 5.74) is 5.42. The molecular formula is C13H21N3O. The standard InChI is InChI=1S/C13H21N3O/c1-2-8-17-9-12(16-14)11-6-5-10-4-3-7-15-13(10)11/h3-4,7,11-12,16H,2,5-6,8-9,14H2,1H3. The van der Waals surface area contributed by atoms with E-state index in [1.807, 2.05) is 12.3 Å². The van der Waals surface area contributed by atoms with Crippen molar-refractivity contribution in [1.82, 2.24) is 10.4 Å². The summed E-state index contributed by atoms with van der Waals surface area (Å²) in [5.74, 6) is 6.02. The van der Waals surface area contributed by atoms with Gasteiger partial charge < -0.3 is 4.74 Å². The smallest absolute Gasteiger partial charge is 0.0639 e. The molecule has 0 amide bonds. The molecule has 17 heavy (non-hydrogen) atoms. The summed E-state index contributed by atoms with van der Waals surface area (Å²) >= 11 is 0. The fraction of sp³-hybridized carbons (Fsp3) is 0.615. The summed E-state index contributed by atoms with van der Waals surface area (Å²) in [4.78, 5) is 4.49. The van der Waals surface area contributed by atoms with Crippen LogP contribution in [0.15, 0.2) is 18.3 Å². The number of hydrogen-bond donors (Lipinski definition) is 2. The molecule has 2 unspecified atom stereocenters. The maximum Gasteiger partial charge on any atom is 0.0639 e. The molecule has 4 nitrogen and oxygen atoms in total. The molecule has 4 heteroatoms. The van der Waals surface area contributed by atoms with Crippen LogP contribution in [0.25, 0.3) is 0 Å². The predicted octanol–water partition coefficient (Wildman–Crippen LogP) is 1.37. The lowest BCUT2D eigenvalue weighted by Crippen LogP contribution is -2.42. The van der Waals surface area contributed by atoms with Crippen LogP contribution in [0.5, 0.6) is 0 Å². The first kappa shape index (κ1) is 12.5. The second kappa shape index (κ2) is 6.10. The number of nitrogens with one attached hydrogen (secondary N) is 1. The molecular weight excluding hydrogens is 214 g/mol. The molecule has 1 aromatic rings. The highest BCUT2D eigenvalue weighted by molar-refractivity contribution is 5.29. The van der Waals surface area contributed by atoms with Crippen molar-refractivity contribution >= 4 is 0 Å². The highest BCUT2D eigenvalue weighted by Crippen LogP contribution is 2.33. The summed E-state index contributed by atoms with van der Waals surface area (Å²) < 4.78 is 5.59. The van der Waals surface area contributed by atoms with E-state index in [0.29, 0.717) is 12.5 Å². The second-order valence-corrected chi connectivity index (χ2v) is 4.54. The lowest BCUT2D eigenvalue weighted by atomic mass is 9.98. The summed E-state index contributed by atoms with van der Waals surface area (Å²) in [6.07, 6.45) is 5.10. The van der Waals surface area contributed by atoms with Crippen LogP contribution in [0.3, 0.4) is 0 Å². The SMILES string of the molecule is CCCOCC(NN)C1CCc2cccnc21. The zero-order valence-electron chi connectivity index (χ0n) is 10.4. The van der Waals surface area contributed by atoms with Crippen LogP contribution in [0.2, 0.25) is 0 Å². The summed E-state index contributed by atoms with van der Waals surface area (Å²) in [6.45, 7) is 3.56. The first-order valence-electron chi connectivity index (χ1n) is 6.34. The Balaban J connectivity index is 2.01. The van der Waals surface area contributed by atoms with Gasteiger partial charge in [-0.1, -0.05) is 13.0 Å². The Morgan fingerprint density at radius 1 is 1.65 bits per heavy atom. The van der Waals surface area contributed by atoms with E-state index in [1.165, 1.54) is 11.3 Å². The molecule has 3 N–H and O–H groups in total. The number of hydrazine groups is 1. The van der Waals surface area contributed by atoms with Crippen molar-refractivity contribution in [3.63, 3.8) is 0 Å². The minimum atomic E-state index is 0.165. The Kier molecular flexibility index (Phi) is 4.48. The van der Waals surface area contributed by atoms with E-state index >= 15 is 0 Å². The van der Waals surface area contributed by atoms with E-state index < -0.39 is 0 Å². The minimum absolute atomic E-state index is 0.165. The van der Waals surface area contributed by atoms with Gasteiger partial charge in [-0.3, -0.25) is 16.3 Å². The van der Waals surface area contributed by atoms with Crippen molar-refractivity contribution in [2.45, 2.75) is 38.1 Å². The third-order valence-electron chi connectivity index (χ3n) is 3.35. The summed E-state index contributed by atoms with van der Waals surface area (Å²) in [6, 6.07) is 4.32. The first-order valence-corrected chi connectivity index (χ1v) is 6.34. The average Bonchev–Trinajstić information content (AvgIpc) is 2.79. The normalized spacial score (nSPS) is 20.2. The molecule has 1 heterocycles. The Bertz CT molecular complexity index is 356. The third kappa shape index (κ3) is 2.83. The van der Waals surface area contributed by atoms with Crippen LogP contribution in [0.4, 0.5) is 0 Å². The molecule has 0 radical (unpaired) electrons. The zero-order valence-corrected chi connectivity index (χ0v) is 10.4. The fourth-order valence-electron chi connectivity index (χ4n) is 2.47. The minimum Gasteiger partial charge on any atom is -0.380 e. The number of rotatable bonds is 6. The van der Waals surface area contributed by atoms with Gasteiger partial charge in [0, 0.05) is 24.4 Å². The van der Waals surface area contributed by atoms with Crippen LogP contribution in [-0.2, 0) is 11.2 Å². The van der Waals surface area contributed by atoms with Crippen molar-refractivity contribution in [2.24, 2.45) is 5.84 Å². The van der Waals surface area contributed by atoms with Crippen LogP contribution in [-0.4, -0.2) is 24.2 Å². The van der Waals surface area contributed by atoms with Gasteiger partial charge in [0.05, 0.1) is 12.6 Å². The molecule has 0 bridgehead atoms. The number of nitrogens with two attached hydrogens (primary N) is 1. The van der Waals surface area contributed by atoms with E-state index in [-0.39, 0.29) is 6.04 Å². The maximum absolute atomic E-state index is 5.63. The van der Waals surface area contributed by atoms with Crippen molar-refractivity contribution in [1.29, 1.82) is 0 Å². The van der Waals surface area contributed by atoms with Crippen molar-refractivity contribution < 1.29 is 4.74 Å². The predicted molar refractivity (Wildman–Crippen MR) is 67.5 cm³/mol. The Hall–Kier alpha value is -0.970. The topological polar surface area (TPSA) is 60.2 Å². The largest absolute Gasteiger partial charge is 0.380 e. The van der Waals surface area contributed by atoms with E-state index in [1.54, 1.807) is 0 Å². The highest BCUT2D eigenvalue weighted by atomic mass is 16.5. The molecule has 0 fully saturated rings. The number of aryl methyl sites for hydroxylation is 1. The highest BCUT2D eigenvalue weighted by Gasteiger charge is 2.30. The van der Waals surface area contributed by atoms with Gasteiger partial charge in [0.2, 0.25) is 0 Å². The van der Waals surface area contributed by atoms with Crippen molar-refractivity contribution in [3.8, 4) is 0 Å². The van der Waals surface area contributed by atoms with E-state index in [4.69, 9.17) is 10.6 Å². The molecule has 1 aromatic heterocycles. The van der Waals surface area contributed by atoms with Gasteiger partial charge in [-0.25, -0.2) is 0 Å². The molecule has 1 aliphatic rings. The van der Waals surface area contributed by atoms with Gasteiger partial charge >= 0.3 is 0 Å². The number of fused-ring (bicyclic) bond motifs is 1. The first-order chi connectivity index (χ1) is 8.36. The van der Waals surface area contributed by atoms with Gasteiger partial charge in [0.15, 0.2) is 0 Å². The maximum atomic E-state index is 5.63. The van der Waals surface area contributed by atoms with Gasteiger partial charge in [-0.15, -0.1) is 0 Å². The van der Waals surface area contributed by atoms with Crippen LogP contribution in [0.1, 0.15) is 36.9 Å². The number of nitrogens with zero attached hydrogens (tertiary/aromatic N) is 1. The monoisotopic (exact) mass is 235 g/mol. The van der Waals surface area contributed by atoms with Crippen LogP contribution >= 0.6 is 0 Å². The number of ether oxygens (including phenoxy) is 1. The lowest BCUT2D eigenvalue weighted by molar-refractivity contribution is 0.103. The second-order valence-electron chi connectivity index (χ2n) is 4.54. The van der Waals surface area contributed by atoms with Gasteiger partial charge in [0.25, 0.3) is 0 Å². The van der Waals surface area contributed by atoms with Crippen molar-refractivity contribution in [3.05, 3.63) is 29.6 Å². The van der Waals surface area contributed by atoms with Gasteiger partial charge in [0.1, 0.15) is 0 Å². The molecule has 0 saturated carbocycles. The van der Waals surface area contributed by atoms with Gasteiger partial charge in [-0.05, 0) is 30.9 Å². The zero-order chi connectivity index (χ0) is 12.1. The Morgan fingerprint density at radius 3 is 3.29 bits per heavy atom. The molecule has 0 aromatic carbocycles. The van der Waals surface area contributed by atoms with Crippen LogP contribution < -0.4 is 11.3 Å². The third-order valence-corrected chi connectivity index (χ3v) is 3.35.